The molecule has 142 valence electrons. The van der Waals surface area contributed by atoms with Crippen LogP contribution >= 0.6 is 17.0 Å². The van der Waals surface area contributed by atoms with Gasteiger partial charge in [-0.15, -0.1) is 17.0 Å². The van der Waals surface area contributed by atoms with E-state index < -0.39 is 0 Å². The average molecular weight is 426 g/mol. The van der Waals surface area contributed by atoms with Gasteiger partial charge in [-0.25, -0.2) is 0 Å². The highest BCUT2D eigenvalue weighted by Crippen LogP contribution is 2.55. The molecule has 0 aromatic heterocycles. The fraction of sp³-hybridized carbons (Fsp3) is 0.458. The number of hydrogen-bond donors (Lipinski definition) is 0. The van der Waals surface area contributed by atoms with E-state index >= 15 is 0 Å². The molecule has 2 fully saturated rings. The van der Waals surface area contributed by atoms with Crippen LogP contribution < -0.4 is 0 Å². The largest absolute Gasteiger partial charge is 0.293 e. The van der Waals surface area contributed by atoms with Crippen molar-refractivity contribution in [1.29, 1.82) is 0 Å². The maximum absolute atomic E-state index is 12.8. The first-order valence-electron chi connectivity index (χ1n) is 10.2. The number of carbonyl (C=O) groups is 1. The van der Waals surface area contributed by atoms with E-state index in [2.05, 4.69) is 29.2 Å². The van der Waals surface area contributed by atoms with E-state index in [9.17, 15) is 4.79 Å². The summed E-state index contributed by atoms with van der Waals surface area (Å²) in [6.07, 6.45) is 7.71. The third kappa shape index (κ3) is 3.09. The van der Waals surface area contributed by atoms with Crippen LogP contribution in [0.5, 0.6) is 0 Å². The van der Waals surface area contributed by atoms with Gasteiger partial charge in [0.15, 0.2) is 5.78 Å². The third-order valence-electron chi connectivity index (χ3n) is 7.30. The minimum Gasteiger partial charge on any atom is -0.293 e. The highest BCUT2D eigenvalue weighted by molar-refractivity contribution is 8.93. The molecule has 2 aromatic rings. The van der Waals surface area contributed by atoms with E-state index in [-0.39, 0.29) is 22.8 Å². The average Bonchev–Trinajstić information content (AvgIpc) is 2.70. The molecule has 2 nitrogen and oxygen atoms in total. The summed E-state index contributed by atoms with van der Waals surface area (Å²) in [7, 11) is 0. The van der Waals surface area contributed by atoms with Gasteiger partial charge in [0.25, 0.3) is 0 Å². The van der Waals surface area contributed by atoms with Gasteiger partial charge in [0.2, 0.25) is 0 Å². The predicted octanol–water partition coefficient (Wildman–Crippen LogP) is 5.21. The Morgan fingerprint density at radius 3 is 2.63 bits per heavy atom. The molecule has 2 bridgehead atoms. The van der Waals surface area contributed by atoms with Crippen LogP contribution in [0.25, 0.3) is 0 Å². The van der Waals surface area contributed by atoms with E-state index in [1.54, 1.807) is 5.56 Å². The lowest BCUT2D eigenvalue weighted by atomic mass is 9.52. The number of nitrogens with zero attached hydrogens (tertiary/aromatic N) is 1. The number of halogens is 1. The fourth-order valence-electron chi connectivity index (χ4n) is 6.15. The van der Waals surface area contributed by atoms with Crippen molar-refractivity contribution in [3.8, 4) is 0 Å². The van der Waals surface area contributed by atoms with Gasteiger partial charge in [-0.1, -0.05) is 67.4 Å². The van der Waals surface area contributed by atoms with Crippen LogP contribution in [0.15, 0.2) is 54.6 Å². The zero-order valence-electron chi connectivity index (χ0n) is 15.8. The molecule has 1 heterocycles. The summed E-state index contributed by atoms with van der Waals surface area (Å²) in [5.41, 5.74) is 4.40. The number of hydrogen-bond acceptors (Lipinski definition) is 2. The quantitative estimate of drug-likeness (QED) is 0.629. The molecule has 27 heavy (non-hydrogen) atoms. The van der Waals surface area contributed by atoms with Crippen LogP contribution in [-0.4, -0.2) is 29.8 Å². The zero-order chi connectivity index (χ0) is 17.6. The van der Waals surface area contributed by atoms with E-state index in [1.165, 1.54) is 37.7 Å². The molecule has 0 radical (unpaired) electrons. The molecule has 1 unspecified atom stereocenters. The maximum atomic E-state index is 12.8. The number of piperidine rings is 1. The summed E-state index contributed by atoms with van der Waals surface area (Å²) in [5.74, 6) is 0.997. The number of Topliss-reactive ketones (excluding diaryl/α,β-unsaturated/α-hetero) is 1. The molecule has 5 rings (SSSR count). The number of carbonyl (C=O) groups excluding carboxylic acids is 1. The van der Waals surface area contributed by atoms with Crippen molar-refractivity contribution in [2.75, 3.05) is 13.1 Å². The van der Waals surface area contributed by atoms with Crippen LogP contribution in [0, 0.1) is 5.92 Å². The van der Waals surface area contributed by atoms with E-state index in [1.807, 2.05) is 30.3 Å². The van der Waals surface area contributed by atoms with E-state index in [0.29, 0.717) is 18.0 Å². The van der Waals surface area contributed by atoms with Gasteiger partial charge in [-0.3, -0.25) is 9.69 Å². The molecular weight excluding hydrogens is 398 g/mol. The van der Waals surface area contributed by atoms with Crippen LogP contribution in [0.2, 0.25) is 0 Å². The summed E-state index contributed by atoms with van der Waals surface area (Å²) >= 11 is 0. The first-order valence-corrected chi connectivity index (χ1v) is 10.2. The minimum absolute atomic E-state index is 0. The SMILES string of the molecule is Br.O=C(CN1CCC23CCCC[C@@H]2[C@H]1Cc1ccccc13)c1ccccc1. The molecule has 1 aliphatic heterocycles. The molecule has 0 amide bonds. The number of rotatable bonds is 3. The molecular formula is C24H28BrNO. The van der Waals surface area contributed by atoms with Gasteiger partial charge in [0, 0.05) is 17.0 Å². The van der Waals surface area contributed by atoms with Gasteiger partial charge in [-0.2, -0.15) is 0 Å². The van der Waals surface area contributed by atoms with Gasteiger partial charge < -0.3 is 0 Å². The lowest BCUT2D eigenvalue weighted by Gasteiger charge is -2.59. The molecule has 1 saturated heterocycles. The Morgan fingerprint density at radius 1 is 1.00 bits per heavy atom. The van der Waals surface area contributed by atoms with Gasteiger partial charge in [0.05, 0.1) is 6.54 Å². The van der Waals surface area contributed by atoms with Crippen LogP contribution in [0.4, 0.5) is 0 Å². The van der Waals surface area contributed by atoms with Crippen LogP contribution in [0.1, 0.15) is 53.6 Å². The summed E-state index contributed by atoms with van der Waals surface area (Å²) in [6, 6.07) is 19.5. The van der Waals surface area contributed by atoms with Crippen molar-refractivity contribution in [3.05, 3.63) is 71.3 Å². The Hall–Kier alpha value is -1.45. The zero-order valence-corrected chi connectivity index (χ0v) is 17.5. The second kappa shape index (κ2) is 7.52. The lowest BCUT2D eigenvalue weighted by Crippen LogP contribution is -2.61. The monoisotopic (exact) mass is 425 g/mol. The Labute approximate surface area is 172 Å². The van der Waals surface area contributed by atoms with Gasteiger partial charge >= 0.3 is 0 Å². The second-order valence-electron chi connectivity index (χ2n) is 8.45. The standard InChI is InChI=1S/C24H27NO.BrH/c26-23(18-8-2-1-3-9-18)17-25-15-14-24-13-7-6-12-21(24)22(25)16-19-10-4-5-11-20(19)24;/h1-5,8-11,21-22H,6-7,12-17H2;1H/t21-,22-,24?;/m1./s1. The minimum atomic E-state index is 0. The van der Waals surface area contributed by atoms with Gasteiger partial charge in [0.1, 0.15) is 0 Å². The number of ketones is 1. The van der Waals surface area contributed by atoms with Crippen LogP contribution in [-0.2, 0) is 11.8 Å². The van der Waals surface area contributed by atoms with E-state index in [0.717, 1.165) is 24.4 Å². The van der Waals surface area contributed by atoms with Crippen molar-refractivity contribution >= 4 is 22.8 Å². The molecule has 2 aliphatic carbocycles. The van der Waals surface area contributed by atoms with E-state index in [4.69, 9.17) is 0 Å². The smallest absolute Gasteiger partial charge is 0.176 e. The number of fused-ring (bicyclic) bond motifs is 1. The molecule has 0 N–H and O–H groups in total. The van der Waals surface area contributed by atoms with Crippen molar-refractivity contribution in [3.63, 3.8) is 0 Å². The highest BCUT2D eigenvalue weighted by atomic mass is 79.9. The molecule has 3 aliphatic rings. The number of likely N-dealkylation sites (tertiary alicyclic amines) is 1. The van der Waals surface area contributed by atoms with Gasteiger partial charge in [-0.05, 0) is 49.3 Å². The molecule has 2 aromatic carbocycles. The topological polar surface area (TPSA) is 20.3 Å². The Bertz CT molecular complexity index is 820. The summed E-state index contributed by atoms with van der Waals surface area (Å²) < 4.78 is 0. The first kappa shape index (κ1) is 18.9. The summed E-state index contributed by atoms with van der Waals surface area (Å²) in [4.78, 5) is 15.3. The maximum Gasteiger partial charge on any atom is 0.176 e. The Kier molecular flexibility index (Phi) is 5.26. The summed E-state index contributed by atoms with van der Waals surface area (Å²) in [5, 5.41) is 0. The van der Waals surface area contributed by atoms with Crippen molar-refractivity contribution in [2.45, 2.75) is 50.0 Å². The second-order valence-corrected chi connectivity index (χ2v) is 8.45. The molecule has 3 heteroatoms. The van der Waals surface area contributed by atoms with Crippen LogP contribution in [0.3, 0.4) is 0 Å². The molecule has 3 atom stereocenters. The fourth-order valence-corrected chi connectivity index (χ4v) is 6.15. The molecule has 1 saturated carbocycles. The van der Waals surface area contributed by atoms with Crippen molar-refractivity contribution in [1.82, 2.24) is 4.90 Å². The van der Waals surface area contributed by atoms with Crippen molar-refractivity contribution < 1.29 is 4.79 Å². The lowest BCUT2D eigenvalue weighted by molar-refractivity contribution is -0.00838. The third-order valence-corrected chi connectivity index (χ3v) is 7.30. The predicted molar refractivity (Wildman–Crippen MR) is 115 cm³/mol. The van der Waals surface area contributed by atoms with Crippen molar-refractivity contribution in [2.24, 2.45) is 5.92 Å². The Balaban J connectivity index is 0.00000180. The Morgan fingerprint density at radius 2 is 1.78 bits per heavy atom. The normalized spacial score (nSPS) is 29.2. The summed E-state index contributed by atoms with van der Waals surface area (Å²) in [6.45, 7) is 1.64. The molecule has 0 spiro atoms. The highest BCUT2D eigenvalue weighted by Gasteiger charge is 2.53. The number of benzene rings is 2. The first-order chi connectivity index (χ1) is 12.8.